The quantitative estimate of drug-likeness (QED) is 0.151. The highest BCUT2D eigenvalue weighted by Crippen LogP contribution is 2.39. The molecule has 2 aromatic heterocycles. The van der Waals surface area contributed by atoms with E-state index in [1.807, 2.05) is 6.07 Å². The van der Waals surface area contributed by atoms with Crippen molar-refractivity contribution < 1.29 is 35.3 Å². The molecule has 0 aliphatic rings. The Morgan fingerprint density at radius 2 is 1.53 bits per heavy atom. The van der Waals surface area contributed by atoms with Gasteiger partial charge in [-0.15, -0.1) is 22.7 Å². The van der Waals surface area contributed by atoms with Crippen LogP contribution in [0.3, 0.4) is 0 Å². The molecule has 0 fully saturated rings. The number of benzene rings is 4. The Morgan fingerprint density at radius 3 is 2.23 bits per heavy atom. The van der Waals surface area contributed by atoms with E-state index in [1.54, 1.807) is 43.3 Å². The van der Waals surface area contributed by atoms with Crippen molar-refractivity contribution in [2.24, 2.45) is 0 Å². The number of nitrogens with zero attached hydrogens (tertiary/aromatic N) is 2. The number of carbonyl (C=O) groups excluding carboxylic acids is 1. The highest BCUT2D eigenvalue weighted by atomic mass is 32.2. The molecule has 1 N–H and O–H groups in total. The molecule has 6 aromatic rings. The van der Waals surface area contributed by atoms with Gasteiger partial charge in [-0.25, -0.2) is 22.8 Å². The first-order valence-electron chi connectivity index (χ1n) is 12.3. The maximum Gasteiger partial charge on any atom is 0.419 e. The van der Waals surface area contributed by atoms with Gasteiger partial charge in [0.2, 0.25) is 0 Å². The van der Waals surface area contributed by atoms with E-state index in [4.69, 9.17) is 0 Å². The van der Waals surface area contributed by atoms with Gasteiger partial charge in [0.25, 0.3) is 5.91 Å². The van der Waals surface area contributed by atoms with Crippen LogP contribution in [-0.4, -0.2) is 28.8 Å². The Bertz CT molecular complexity index is 2170. The summed E-state index contributed by atoms with van der Waals surface area (Å²) < 4.78 is 90.1. The molecule has 0 aliphatic heterocycles. The molecule has 0 spiro atoms. The van der Waals surface area contributed by atoms with Crippen LogP contribution in [0.2, 0.25) is 0 Å². The summed E-state index contributed by atoms with van der Waals surface area (Å²) in [5.41, 5.74) is 0.882. The Kier molecular flexibility index (Phi) is 7.04. The molecular formula is C29H16F4N3O4S3-. The fourth-order valence-electron chi connectivity index (χ4n) is 4.50. The molecule has 0 saturated heterocycles. The lowest BCUT2D eigenvalue weighted by atomic mass is 10.1. The molecular weight excluding hydrogens is 627 g/mol. The van der Waals surface area contributed by atoms with Crippen LogP contribution in [0.1, 0.15) is 21.5 Å². The van der Waals surface area contributed by atoms with Crippen LogP contribution < -0.4 is 5.32 Å². The second-order valence-electron chi connectivity index (χ2n) is 9.43. The van der Waals surface area contributed by atoms with Crippen LogP contribution in [0.5, 0.6) is 0 Å². The molecule has 14 heteroatoms. The van der Waals surface area contributed by atoms with Gasteiger partial charge in [-0.3, -0.25) is 4.79 Å². The maximum atomic E-state index is 14.4. The van der Waals surface area contributed by atoms with Gasteiger partial charge in [0.1, 0.15) is 26.0 Å². The zero-order valence-corrected chi connectivity index (χ0v) is 24.1. The number of fused-ring (bicyclic) bond motifs is 2. The third-order valence-corrected chi connectivity index (χ3v) is 9.89. The molecule has 0 radical (unpaired) electrons. The number of anilines is 1. The van der Waals surface area contributed by atoms with Gasteiger partial charge in [0.15, 0.2) is 0 Å². The third kappa shape index (κ3) is 5.49. The number of thiazole rings is 2. The normalized spacial score (nSPS) is 12.2. The minimum absolute atomic E-state index is 0.250. The molecule has 43 heavy (non-hydrogen) atoms. The van der Waals surface area contributed by atoms with Gasteiger partial charge in [0.05, 0.1) is 36.5 Å². The third-order valence-electron chi connectivity index (χ3n) is 6.53. The summed E-state index contributed by atoms with van der Waals surface area (Å²) in [5.74, 6) is -2.66. The molecule has 6 rings (SSSR count). The van der Waals surface area contributed by atoms with Crippen LogP contribution in [0.25, 0.3) is 41.6 Å². The maximum absolute atomic E-state index is 14.4. The number of nitrogens with one attached hydrogen (secondary N) is 1. The molecule has 0 bridgehead atoms. The molecule has 0 saturated carbocycles. The number of aromatic nitrogens is 2. The summed E-state index contributed by atoms with van der Waals surface area (Å²) in [7, 11) is -4.69. The zero-order chi connectivity index (χ0) is 30.7. The van der Waals surface area contributed by atoms with Crippen molar-refractivity contribution in [2.45, 2.75) is 18.0 Å². The van der Waals surface area contributed by atoms with Gasteiger partial charge >= 0.3 is 6.18 Å². The van der Waals surface area contributed by atoms with Gasteiger partial charge in [-0.2, -0.15) is 13.2 Å². The van der Waals surface area contributed by atoms with Gasteiger partial charge in [0, 0.05) is 16.8 Å². The summed E-state index contributed by atoms with van der Waals surface area (Å²) in [5, 5.41) is 3.60. The summed E-state index contributed by atoms with van der Waals surface area (Å²) in [6.07, 6.45) is -4.93. The Hall–Kier alpha value is -4.24. The van der Waals surface area contributed by atoms with Gasteiger partial charge in [-0.05, 0) is 73.2 Å². The highest BCUT2D eigenvalue weighted by Gasteiger charge is 2.35. The minimum Gasteiger partial charge on any atom is -0.744 e. The highest BCUT2D eigenvalue weighted by molar-refractivity contribution is 7.86. The predicted molar refractivity (Wildman–Crippen MR) is 156 cm³/mol. The molecule has 218 valence electrons. The lowest BCUT2D eigenvalue weighted by molar-refractivity contribution is -0.140. The van der Waals surface area contributed by atoms with Crippen LogP contribution >= 0.6 is 22.7 Å². The van der Waals surface area contributed by atoms with Crippen molar-refractivity contribution in [1.29, 1.82) is 0 Å². The van der Waals surface area contributed by atoms with Crippen molar-refractivity contribution in [3.05, 3.63) is 95.3 Å². The number of hydrogen-bond acceptors (Lipinski definition) is 8. The lowest BCUT2D eigenvalue weighted by Gasteiger charge is -2.11. The van der Waals surface area contributed by atoms with E-state index in [0.29, 0.717) is 42.9 Å². The lowest BCUT2D eigenvalue weighted by Crippen LogP contribution is -2.17. The van der Waals surface area contributed by atoms with Crippen LogP contribution in [-0.2, 0) is 16.3 Å². The SMILES string of the molecule is Cc1ccc2nc(-c3ccc4nc(-c5ccc(NC(=O)c6cccc(C(F)(F)F)c6F)cc5)sc4c3)sc2c1S(=O)(=O)[O-]. The number of halogens is 4. The first-order valence-corrected chi connectivity index (χ1v) is 15.4. The number of rotatable bonds is 5. The molecule has 0 atom stereocenters. The topological polar surface area (TPSA) is 112 Å². The molecule has 1 amide bonds. The van der Waals surface area contributed by atoms with E-state index >= 15 is 0 Å². The monoisotopic (exact) mass is 642 g/mol. The summed E-state index contributed by atoms with van der Waals surface area (Å²) in [6.45, 7) is 1.56. The van der Waals surface area contributed by atoms with Crippen molar-refractivity contribution in [2.75, 3.05) is 5.32 Å². The second kappa shape index (κ2) is 10.5. The molecule has 2 heterocycles. The van der Waals surface area contributed by atoms with Gasteiger partial charge in [-0.1, -0.05) is 12.1 Å². The smallest absolute Gasteiger partial charge is 0.419 e. The van der Waals surface area contributed by atoms with E-state index < -0.39 is 39.1 Å². The number of hydrogen-bond donors (Lipinski definition) is 1. The van der Waals surface area contributed by atoms with E-state index in [0.717, 1.165) is 33.7 Å². The molecule has 0 aliphatic carbocycles. The Labute approximate surface area is 249 Å². The fraction of sp³-hybridized carbons (Fsp3) is 0.0690. The number of aryl methyl sites for hydroxylation is 1. The molecule has 7 nitrogen and oxygen atoms in total. The first-order chi connectivity index (χ1) is 20.3. The average molecular weight is 643 g/mol. The van der Waals surface area contributed by atoms with Crippen LogP contribution in [0.4, 0.5) is 23.2 Å². The first kappa shape index (κ1) is 28.9. The number of carbonyl (C=O) groups is 1. The minimum atomic E-state index is -4.93. The fourth-order valence-corrected chi connectivity index (χ4v) is 7.79. The summed E-state index contributed by atoms with van der Waals surface area (Å²) >= 11 is 2.49. The van der Waals surface area contributed by atoms with E-state index in [-0.39, 0.29) is 10.6 Å². The zero-order valence-electron chi connectivity index (χ0n) is 21.7. The summed E-state index contributed by atoms with van der Waals surface area (Å²) in [6, 6.07) is 17.6. The molecule has 0 unspecified atom stereocenters. The Morgan fingerprint density at radius 1 is 0.884 bits per heavy atom. The van der Waals surface area contributed by atoms with Crippen molar-refractivity contribution in [1.82, 2.24) is 9.97 Å². The van der Waals surface area contributed by atoms with Gasteiger partial charge < -0.3 is 9.87 Å². The second-order valence-corrected chi connectivity index (χ2v) is 12.8. The van der Waals surface area contributed by atoms with Crippen molar-refractivity contribution in [3.8, 4) is 21.1 Å². The predicted octanol–water partition coefficient (Wildman–Crippen LogP) is 7.86. The van der Waals surface area contributed by atoms with Crippen molar-refractivity contribution >= 4 is 64.8 Å². The van der Waals surface area contributed by atoms with Crippen LogP contribution in [0, 0.1) is 12.7 Å². The van der Waals surface area contributed by atoms with Crippen LogP contribution in [0.15, 0.2) is 77.7 Å². The summed E-state index contributed by atoms with van der Waals surface area (Å²) in [4.78, 5) is 21.4. The van der Waals surface area contributed by atoms with E-state index in [1.165, 1.54) is 23.5 Å². The Balaban J connectivity index is 1.25. The largest absolute Gasteiger partial charge is 0.744 e. The van der Waals surface area contributed by atoms with Crippen molar-refractivity contribution in [3.63, 3.8) is 0 Å². The standard InChI is InChI=1S/C29H17F4N3O4S3/c1-14-5-11-21-24(25(14)43(38,39)40)42-28(36-21)16-8-12-20-22(13-16)41-27(35-20)15-6-9-17(10-7-15)34-26(37)18-3-2-4-19(23(18)30)29(31,32)33/h2-13H,1H3,(H,34,37)(H,38,39,40)/p-1. The molecule has 4 aromatic carbocycles. The average Bonchev–Trinajstić information content (AvgIpc) is 3.56. The van der Waals surface area contributed by atoms with E-state index in [2.05, 4.69) is 15.3 Å². The van der Waals surface area contributed by atoms with E-state index in [9.17, 15) is 35.3 Å². The number of amides is 1. The number of alkyl halides is 3.